The summed E-state index contributed by atoms with van der Waals surface area (Å²) < 4.78 is 1.85. The van der Waals surface area contributed by atoms with E-state index in [1.165, 1.54) is 0 Å². The first-order chi connectivity index (χ1) is 11.4. The van der Waals surface area contributed by atoms with Gasteiger partial charge in [0, 0.05) is 5.69 Å². The van der Waals surface area contributed by atoms with E-state index in [9.17, 15) is 19.5 Å². The van der Waals surface area contributed by atoms with Crippen molar-refractivity contribution in [1.29, 1.82) is 0 Å². The second kappa shape index (κ2) is 5.81. The molecule has 1 saturated carbocycles. The van der Waals surface area contributed by atoms with Crippen LogP contribution in [0.5, 0.6) is 0 Å². The molecule has 2 heterocycles. The molecule has 1 spiro atoms. The first-order valence-electron chi connectivity index (χ1n) is 8.06. The molecule has 1 amide bonds. The summed E-state index contributed by atoms with van der Waals surface area (Å²) in [6, 6.07) is 3.51. The van der Waals surface area contributed by atoms with E-state index in [0.29, 0.717) is 18.5 Å². The Bertz CT molecular complexity index is 753. The van der Waals surface area contributed by atoms with Crippen molar-refractivity contribution < 1.29 is 24.6 Å². The Kier molecular flexibility index (Phi) is 3.95. The standard InChI is InChI=1S/C17H20N2O5/c1-10-5-6-11-14(22)13(16(24)18-9-12(20)21)15(23)17(19(10)11)7-3-2-4-8-17/h5-6,22H,2-4,7-9H2,1H3,(H,18,24)(H,20,21). The van der Waals surface area contributed by atoms with Gasteiger partial charge in [0.25, 0.3) is 5.91 Å². The zero-order valence-corrected chi connectivity index (χ0v) is 13.5. The van der Waals surface area contributed by atoms with Crippen molar-refractivity contribution in [3.05, 3.63) is 29.1 Å². The van der Waals surface area contributed by atoms with Crippen LogP contribution >= 0.6 is 0 Å². The Morgan fingerprint density at radius 2 is 1.92 bits per heavy atom. The molecule has 0 bridgehead atoms. The molecule has 0 aromatic carbocycles. The molecule has 0 atom stereocenters. The van der Waals surface area contributed by atoms with Crippen molar-refractivity contribution in [2.24, 2.45) is 0 Å². The van der Waals surface area contributed by atoms with Gasteiger partial charge >= 0.3 is 5.97 Å². The number of carboxylic acids is 1. The zero-order valence-electron chi connectivity index (χ0n) is 13.5. The second-order valence-corrected chi connectivity index (χ2v) is 6.42. The van der Waals surface area contributed by atoms with E-state index in [2.05, 4.69) is 5.32 Å². The number of nitrogens with zero attached hydrogens (tertiary/aromatic N) is 1. The summed E-state index contributed by atoms with van der Waals surface area (Å²) in [4.78, 5) is 36.2. The lowest BCUT2D eigenvalue weighted by Crippen LogP contribution is -2.51. The highest BCUT2D eigenvalue weighted by molar-refractivity contribution is 6.27. The zero-order chi connectivity index (χ0) is 17.5. The number of aliphatic carboxylic acids is 1. The number of aromatic nitrogens is 1. The lowest BCUT2D eigenvalue weighted by Gasteiger charge is -2.42. The highest BCUT2D eigenvalue weighted by Crippen LogP contribution is 2.44. The lowest BCUT2D eigenvalue weighted by molar-refractivity contribution is -0.138. The number of carboxylic acid groups (broad SMARTS) is 1. The van der Waals surface area contributed by atoms with Gasteiger partial charge in [-0.05, 0) is 31.9 Å². The maximum Gasteiger partial charge on any atom is 0.322 e. The smallest absolute Gasteiger partial charge is 0.322 e. The Morgan fingerprint density at radius 1 is 1.25 bits per heavy atom. The fourth-order valence-corrected chi connectivity index (χ4v) is 3.90. The van der Waals surface area contributed by atoms with Gasteiger partial charge in [0.05, 0.1) is 5.69 Å². The van der Waals surface area contributed by atoms with Crippen LogP contribution in [0.25, 0.3) is 5.76 Å². The van der Waals surface area contributed by atoms with Gasteiger partial charge in [-0.2, -0.15) is 0 Å². The summed E-state index contributed by atoms with van der Waals surface area (Å²) in [6.07, 6.45) is 3.98. The number of ketones is 1. The Morgan fingerprint density at radius 3 is 2.54 bits per heavy atom. The highest BCUT2D eigenvalue weighted by atomic mass is 16.4. The molecule has 2 aliphatic rings. The van der Waals surface area contributed by atoms with Gasteiger partial charge in [0.1, 0.15) is 17.7 Å². The molecule has 7 heteroatoms. The molecule has 0 unspecified atom stereocenters. The van der Waals surface area contributed by atoms with Crippen LogP contribution in [0.2, 0.25) is 0 Å². The predicted molar refractivity (Wildman–Crippen MR) is 85.4 cm³/mol. The molecule has 0 radical (unpaired) electrons. The van der Waals surface area contributed by atoms with E-state index < -0.39 is 29.7 Å². The first-order valence-corrected chi connectivity index (χ1v) is 8.06. The summed E-state index contributed by atoms with van der Waals surface area (Å²) in [5, 5.41) is 21.4. The van der Waals surface area contributed by atoms with Crippen molar-refractivity contribution in [2.45, 2.75) is 44.6 Å². The van der Waals surface area contributed by atoms with Gasteiger partial charge < -0.3 is 20.1 Å². The number of fused-ring (bicyclic) bond motifs is 2. The average Bonchev–Trinajstić information content (AvgIpc) is 2.95. The molecule has 0 saturated heterocycles. The van der Waals surface area contributed by atoms with Crippen LogP contribution in [0.4, 0.5) is 0 Å². The number of hydrogen-bond acceptors (Lipinski definition) is 4. The largest absolute Gasteiger partial charge is 0.505 e. The van der Waals surface area contributed by atoms with Crippen LogP contribution in [0.3, 0.4) is 0 Å². The van der Waals surface area contributed by atoms with E-state index >= 15 is 0 Å². The Balaban J connectivity index is 2.11. The van der Waals surface area contributed by atoms with E-state index in [-0.39, 0.29) is 11.3 Å². The maximum absolute atomic E-state index is 13.2. The summed E-state index contributed by atoms with van der Waals surface area (Å²) in [6.45, 7) is 1.27. The summed E-state index contributed by atoms with van der Waals surface area (Å²) >= 11 is 0. The van der Waals surface area contributed by atoms with Crippen LogP contribution < -0.4 is 5.32 Å². The van der Waals surface area contributed by atoms with Crippen LogP contribution in [0.15, 0.2) is 17.7 Å². The third-order valence-corrected chi connectivity index (χ3v) is 4.94. The van der Waals surface area contributed by atoms with E-state index in [4.69, 9.17) is 5.11 Å². The summed E-state index contributed by atoms with van der Waals surface area (Å²) in [5.41, 5.74) is 0.110. The molecule has 3 rings (SSSR count). The lowest BCUT2D eigenvalue weighted by atomic mass is 9.73. The fourth-order valence-electron chi connectivity index (χ4n) is 3.90. The van der Waals surface area contributed by atoms with E-state index in [1.54, 1.807) is 6.07 Å². The van der Waals surface area contributed by atoms with Crippen LogP contribution in [0, 0.1) is 6.92 Å². The van der Waals surface area contributed by atoms with E-state index in [0.717, 1.165) is 25.0 Å². The molecular formula is C17H20N2O5. The highest BCUT2D eigenvalue weighted by Gasteiger charge is 2.50. The number of aliphatic hydroxyl groups is 1. The van der Waals surface area contributed by atoms with Gasteiger partial charge in [-0.25, -0.2) is 0 Å². The fraction of sp³-hybridized carbons (Fsp3) is 0.471. The number of rotatable bonds is 3. The molecule has 1 aliphatic carbocycles. The Hall–Kier alpha value is -2.57. The normalized spacial score (nSPS) is 19.3. The maximum atomic E-state index is 13.2. The minimum absolute atomic E-state index is 0.330. The number of carbonyl (C=O) groups excluding carboxylic acids is 2. The molecule has 7 nitrogen and oxygen atoms in total. The molecule has 1 aromatic rings. The SMILES string of the molecule is Cc1ccc2n1C1(CCCCC1)C(=O)C(C(=O)NCC(=O)O)=C2O. The number of amides is 1. The molecular weight excluding hydrogens is 312 g/mol. The molecule has 1 aliphatic heterocycles. The Labute approximate surface area is 139 Å². The minimum Gasteiger partial charge on any atom is -0.505 e. The monoisotopic (exact) mass is 332 g/mol. The van der Waals surface area contributed by atoms with Crippen molar-refractivity contribution in [1.82, 2.24) is 9.88 Å². The third-order valence-electron chi connectivity index (χ3n) is 4.94. The molecule has 3 N–H and O–H groups in total. The van der Waals surface area contributed by atoms with Crippen LogP contribution in [-0.2, 0) is 19.9 Å². The number of nitrogens with one attached hydrogen (secondary N) is 1. The van der Waals surface area contributed by atoms with Gasteiger partial charge in [0.2, 0.25) is 0 Å². The van der Waals surface area contributed by atoms with Gasteiger partial charge in [-0.1, -0.05) is 19.3 Å². The number of carbonyl (C=O) groups is 3. The number of hydrogen-bond donors (Lipinski definition) is 3. The van der Waals surface area contributed by atoms with E-state index in [1.807, 2.05) is 17.6 Å². The number of aryl methyl sites for hydroxylation is 1. The van der Waals surface area contributed by atoms with Gasteiger partial charge in [0.15, 0.2) is 11.5 Å². The van der Waals surface area contributed by atoms with Crippen LogP contribution in [-0.4, -0.2) is 39.0 Å². The molecule has 1 aromatic heterocycles. The molecule has 1 fully saturated rings. The number of Topliss-reactive ketones (excluding diaryl/α,β-unsaturated/α-hetero) is 1. The van der Waals surface area contributed by atoms with Crippen molar-refractivity contribution in [3.8, 4) is 0 Å². The predicted octanol–water partition coefficient (Wildman–Crippen LogP) is 1.51. The van der Waals surface area contributed by atoms with Crippen molar-refractivity contribution >= 4 is 23.4 Å². The molecule has 128 valence electrons. The average molecular weight is 332 g/mol. The topological polar surface area (TPSA) is 109 Å². The van der Waals surface area contributed by atoms with Gasteiger partial charge in [-0.15, -0.1) is 0 Å². The number of aliphatic hydroxyl groups excluding tert-OH is 1. The van der Waals surface area contributed by atoms with Crippen molar-refractivity contribution in [2.75, 3.05) is 6.54 Å². The second-order valence-electron chi connectivity index (χ2n) is 6.42. The minimum atomic E-state index is -1.21. The van der Waals surface area contributed by atoms with Crippen molar-refractivity contribution in [3.63, 3.8) is 0 Å². The molecule has 24 heavy (non-hydrogen) atoms. The summed E-state index contributed by atoms with van der Waals surface area (Å²) in [5.74, 6) is -2.85. The van der Waals surface area contributed by atoms with Gasteiger partial charge in [-0.3, -0.25) is 14.4 Å². The third kappa shape index (κ3) is 2.31. The quantitative estimate of drug-likeness (QED) is 0.727. The first kappa shape index (κ1) is 16.3. The summed E-state index contributed by atoms with van der Waals surface area (Å²) in [7, 11) is 0. The van der Waals surface area contributed by atoms with Crippen LogP contribution in [0.1, 0.15) is 43.5 Å².